The molecule has 1 aromatic heterocycles. The Morgan fingerprint density at radius 3 is 2.76 bits per heavy atom. The van der Waals surface area contributed by atoms with Crippen molar-refractivity contribution >= 4 is 11.9 Å². The molecular formula is C11H16N2O4. The molecule has 6 nitrogen and oxygen atoms in total. The Morgan fingerprint density at radius 1 is 1.59 bits per heavy atom. The van der Waals surface area contributed by atoms with Crippen molar-refractivity contribution in [2.45, 2.75) is 18.9 Å². The average molecular weight is 240 g/mol. The summed E-state index contributed by atoms with van der Waals surface area (Å²) in [5.74, 6) is -1.33. The Bertz CT molecular complexity index is 425. The lowest BCUT2D eigenvalue weighted by atomic mass is 10.1. The van der Waals surface area contributed by atoms with E-state index in [1.807, 2.05) is 0 Å². The van der Waals surface area contributed by atoms with Crippen LogP contribution in [0.2, 0.25) is 0 Å². The quantitative estimate of drug-likeness (QED) is 0.738. The molecule has 1 unspecified atom stereocenters. The third kappa shape index (κ3) is 3.32. The van der Waals surface area contributed by atoms with Crippen molar-refractivity contribution in [2.75, 3.05) is 7.11 Å². The fourth-order valence-electron chi connectivity index (χ4n) is 1.55. The van der Waals surface area contributed by atoms with E-state index in [4.69, 9.17) is 10.8 Å². The van der Waals surface area contributed by atoms with Crippen LogP contribution in [0.15, 0.2) is 12.3 Å². The summed E-state index contributed by atoms with van der Waals surface area (Å²) in [7, 11) is 3.01. The smallest absolute Gasteiger partial charge is 0.354 e. The van der Waals surface area contributed by atoms with Crippen LogP contribution in [-0.4, -0.2) is 28.7 Å². The number of ether oxygens (including phenoxy) is 1. The lowest BCUT2D eigenvalue weighted by Crippen LogP contribution is -2.11. The summed E-state index contributed by atoms with van der Waals surface area (Å²) in [5, 5.41) is 8.56. The maximum atomic E-state index is 11.4. The van der Waals surface area contributed by atoms with E-state index in [0.717, 1.165) is 5.56 Å². The number of aryl methyl sites for hydroxylation is 1. The number of nitrogens with two attached hydrogens (primary N) is 1. The van der Waals surface area contributed by atoms with Crippen molar-refractivity contribution in [3.05, 3.63) is 23.5 Å². The third-order valence-corrected chi connectivity index (χ3v) is 2.52. The zero-order chi connectivity index (χ0) is 13.0. The molecule has 0 saturated heterocycles. The van der Waals surface area contributed by atoms with Gasteiger partial charge in [0.15, 0.2) is 0 Å². The van der Waals surface area contributed by atoms with Crippen LogP contribution in [0.1, 0.15) is 34.9 Å². The number of hydrogen-bond acceptors (Lipinski definition) is 4. The van der Waals surface area contributed by atoms with Crippen LogP contribution in [0, 0.1) is 0 Å². The lowest BCUT2D eigenvalue weighted by molar-refractivity contribution is -0.137. The van der Waals surface area contributed by atoms with Crippen molar-refractivity contribution in [2.24, 2.45) is 12.8 Å². The lowest BCUT2D eigenvalue weighted by Gasteiger charge is -2.06. The minimum atomic E-state index is -0.885. The first-order chi connectivity index (χ1) is 7.95. The number of methoxy groups -OCH3 is 1. The van der Waals surface area contributed by atoms with Gasteiger partial charge in [-0.25, -0.2) is 4.79 Å². The van der Waals surface area contributed by atoms with E-state index in [0.29, 0.717) is 12.1 Å². The average Bonchev–Trinajstić information content (AvgIpc) is 2.67. The molecule has 3 N–H and O–H groups in total. The fraction of sp³-hybridized carbons (Fsp3) is 0.455. The zero-order valence-electron chi connectivity index (χ0n) is 9.84. The van der Waals surface area contributed by atoms with E-state index in [2.05, 4.69) is 4.74 Å². The molecule has 0 aliphatic carbocycles. The van der Waals surface area contributed by atoms with Gasteiger partial charge in [-0.15, -0.1) is 0 Å². The summed E-state index contributed by atoms with van der Waals surface area (Å²) < 4.78 is 6.23. The van der Waals surface area contributed by atoms with Gasteiger partial charge in [0.2, 0.25) is 0 Å². The van der Waals surface area contributed by atoms with Crippen LogP contribution in [0.25, 0.3) is 0 Å². The Balaban J connectivity index is 2.78. The van der Waals surface area contributed by atoms with E-state index in [-0.39, 0.29) is 6.42 Å². The molecular weight excluding hydrogens is 224 g/mol. The second-order valence-corrected chi connectivity index (χ2v) is 3.80. The standard InChI is InChI=1S/C11H16N2O4/c1-13-6-7(5-9(13)11(16)17-2)8(12)3-4-10(14)15/h5-6,8H,3-4,12H2,1-2H3,(H,14,15). The molecule has 0 aliphatic rings. The molecule has 17 heavy (non-hydrogen) atoms. The van der Waals surface area contributed by atoms with Gasteiger partial charge in [0, 0.05) is 25.7 Å². The Hall–Kier alpha value is -1.82. The summed E-state index contributed by atoms with van der Waals surface area (Å²) in [6.07, 6.45) is 2.04. The molecule has 0 aliphatic heterocycles. The van der Waals surface area contributed by atoms with Gasteiger partial charge in [0.05, 0.1) is 7.11 Å². The molecule has 0 radical (unpaired) electrons. The molecule has 6 heteroatoms. The topological polar surface area (TPSA) is 94.6 Å². The first kappa shape index (κ1) is 13.2. The van der Waals surface area contributed by atoms with Crippen molar-refractivity contribution < 1.29 is 19.4 Å². The highest BCUT2D eigenvalue weighted by atomic mass is 16.5. The summed E-state index contributed by atoms with van der Waals surface area (Å²) >= 11 is 0. The highest BCUT2D eigenvalue weighted by Crippen LogP contribution is 2.18. The van der Waals surface area contributed by atoms with Crippen LogP contribution in [-0.2, 0) is 16.6 Å². The van der Waals surface area contributed by atoms with Gasteiger partial charge in [-0.1, -0.05) is 0 Å². The SMILES string of the molecule is COC(=O)c1cc(C(N)CCC(=O)O)cn1C. The first-order valence-corrected chi connectivity index (χ1v) is 5.17. The number of aliphatic carboxylic acids is 1. The monoisotopic (exact) mass is 240 g/mol. The molecule has 0 saturated carbocycles. The zero-order valence-corrected chi connectivity index (χ0v) is 9.84. The predicted octanol–water partition coefficient (Wildman–Crippen LogP) is 0.676. The highest BCUT2D eigenvalue weighted by molar-refractivity contribution is 5.88. The van der Waals surface area contributed by atoms with E-state index < -0.39 is 18.0 Å². The fourth-order valence-corrected chi connectivity index (χ4v) is 1.55. The number of aromatic nitrogens is 1. The molecule has 0 fully saturated rings. The van der Waals surface area contributed by atoms with Crippen molar-refractivity contribution in [1.29, 1.82) is 0 Å². The molecule has 1 heterocycles. The Kier molecular flexibility index (Phi) is 4.28. The summed E-state index contributed by atoms with van der Waals surface area (Å²) in [6, 6.07) is 1.23. The number of esters is 1. The molecule has 0 aromatic carbocycles. The minimum absolute atomic E-state index is 0.00359. The summed E-state index contributed by atoms with van der Waals surface area (Å²) in [6.45, 7) is 0. The largest absolute Gasteiger partial charge is 0.481 e. The highest BCUT2D eigenvalue weighted by Gasteiger charge is 2.16. The molecule has 0 bridgehead atoms. The Morgan fingerprint density at radius 2 is 2.24 bits per heavy atom. The van der Waals surface area contributed by atoms with Gasteiger partial charge >= 0.3 is 11.9 Å². The third-order valence-electron chi connectivity index (χ3n) is 2.52. The molecule has 1 aromatic rings. The molecule has 94 valence electrons. The maximum Gasteiger partial charge on any atom is 0.354 e. The molecule has 1 rings (SSSR count). The number of nitrogens with zero attached hydrogens (tertiary/aromatic N) is 1. The molecule has 0 spiro atoms. The normalized spacial score (nSPS) is 12.2. The first-order valence-electron chi connectivity index (χ1n) is 5.17. The van der Waals surface area contributed by atoms with Crippen molar-refractivity contribution in [3.8, 4) is 0 Å². The number of hydrogen-bond donors (Lipinski definition) is 2. The van der Waals surface area contributed by atoms with Gasteiger partial charge in [-0.3, -0.25) is 4.79 Å². The van der Waals surface area contributed by atoms with Crippen molar-refractivity contribution in [1.82, 2.24) is 4.57 Å². The van der Waals surface area contributed by atoms with E-state index in [9.17, 15) is 9.59 Å². The number of carbonyl (C=O) groups is 2. The van der Waals surface area contributed by atoms with Gasteiger partial charge in [0.1, 0.15) is 5.69 Å². The Labute approximate surface area is 99.0 Å². The van der Waals surface area contributed by atoms with E-state index in [1.54, 1.807) is 23.9 Å². The minimum Gasteiger partial charge on any atom is -0.481 e. The van der Waals surface area contributed by atoms with Gasteiger partial charge < -0.3 is 20.1 Å². The summed E-state index contributed by atoms with van der Waals surface area (Å²) in [5.41, 5.74) is 6.97. The number of carboxylic acids is 1. The van der Waals surface area contributed by atoms with Crippen LogP contribution in [0.4, 0.5) is 0 Å². The van der Waals surface area contributed by atoms with Crippen LogP contribution >= 0.6 is 0 Å². The second kappa shape index (κ2) is 5.49. The molecule has 0 amide bonds. The van der Waals surface area contributed by atoms with E-state index >= 15 is 0 Å². The molecule has 1 atom stereocenters. The second-order valence-electron chi connectivity index (χ2n) is 3.80. The number of rotatable bonds is 5. The number of carboxylic acid groups (broad SMARTS) is 1. The van der Waals surface area contributed by atoms with E-state index in [1.165, 1.54) is 7.11 Å². The maximum absolute atomic E-state index is 11.4. The number of carbonyl (C=O) groups excluding carboxylic acids is 1. The predicted molar refractivity (Wildman–Crippen MR) is 60.6 cm³/mol. The summed E-state index contributed by atoms with van der Waals surface area (Å²) in [4.78, 5) is 21.8. The van der Waals surface area contributed by atoms with Gasteiger partial charge in [-0.05, 0) is 18.1 Å². The van der Waals surface area contributed by atoms with Crippen molar-refractivity contribution in [3.63, 3.8) is 0 Å². The van der Waals surface area contributed by atoms with Gasteiger partial charge in [0.25, 0.3) is 0 Å². The van der Waals surface area contributed by atoms with Gasteiger partial charge in [-0.2, -0.15) is 0 Å². The van der Waals surface area contributed by atoms with Crippen LogP contribution in [0.3, 0.4) is 0 Å². The van der Waals surface area contributed by atoms with Crippen LogP contribution < -0.4 is 5.73 Å². The van der Waals surface area contributed by atoms with Crippen LogP contribution in [0.5, 0.6) is 0 Å².